The van der Waals surface area contributed by atoms with Gasteiger partial charge in [0.15, 0.2) is 0 Å². The molecular weight excluding hydrogens is 280 g/mol. The van der Waals surface area contributed by atoms with Gasteiger partial charge in [0.05, 0.1) is 5.41 Å². The first kappa shape index (κ1) is 15.4. The van der Waals surface area contributed by atoms with E-state index in [9.17, 15) is 23.5 Å². The Morgan fingerprint density at radius 2 is 1.86 bits per heavy atom. The van der Waals surface area contributed by atoms with E-state index in [0.717, 1.165) is 12.1 Å². The summed E-state index contributed by atoms with van der Waals surface area (Å²) >= 11 is 0. The Bertz CT molecular complexity index is 568. The molecule has 1 aromatic carbocycles. The summed E-state index contributed by atoms with van der Waals surface area (Å²) in [6, 6.07) is 3.21. The van der Waals surface area contributed by atoms with E-state index < -0.39 is 34.5 Å². The highest BCUT2D eigenvalue weighted by molar-refractivity contribution is 5.95. The topological polar surface area (TPSA) is 57.6 Å². The third-order valence-electron chi connectivity index (χ3n) is 4.30. The van der Waals surface area contributed by atoms with E-state index in [-0.39, 0.29) is 25.4 Å². The fourth-order valence-corrected chi connectivity index (χ4v) is 2.76. The van der Waals surface area contributed by atoms with Crippen LogP contribution in [0.2, 0.25) is 0 Å². The maximum Gasteiger partial charge on any atom is 0.311 e. The first-order valence-corrected chi connectivity index (χ1v) is 6.76. The lowest BCUT2D eigenvalue weighted by Gasteiger charge is -2.28. The SMILES string of the molecule is CC(C)C1(C(=O)O)CCN(C(=O)c2c(F)cccc2F)C1. The smallest absolute Gasteiger partial charge is 0.311 e. The molecule has 1 fully saturated rings. The van der Waals surface area contributed by atoms with Crippen LogP contribution in [0.1, 0.15) is 30.6 Å². The van der Waals surface area contributed by atoms with Gasteiger partial charge in [-0.3, -0.25) is 9.59 Å². The third kappa shape index (κ3) is 2.50. The van der Waals surface area contributed by atoms with Crippen LogP contribution in [0.25, 0.3) is 0 Å². The molecule has 4 nitrogen and oxygen atoms in total. The second-order valence-corrected chi connectivity index (χ2v) is 5.69. The first-order valence-electron chi connectivity index (χ1n) is 6.76. The van der Waals surface area contributed by atoms with Gasteiger partial charge in [-0.1, -0.05) is 19.9 Å². The van der Waals surface area contributed by atoms with Crippen LogP contribution in [0.15, 0.2) is 18.2 Å². The van der Waals surface area contributed by atoms with Gasteiger partial charge in [0, 0.05) is 13.1 Å². The number of hydrogen-bond acceptors (Lipinski definition) is 2. The number of carbonyl (C=O) groups excluding carboxylic acids is 1. The Labute approximate surface area is 121 Å². The fraction of sp³-hybridized carbons (Fsp3) is 0.467. The first-order chi connectivity index (χ1) is 9.79. The number of hydrogen-bond donors (Lipinski definition) is 1. The average Bonchev–Trinajstić information content (AvgIpc) is 2.84. The van der Waals surface area contributed by atoms with Crippen LogP contribution in [0.3, 0.4) is 0 Å². The fourth-order valence-electron chi connectivity index (χ4n) is 2.76. The molecule has 0 spiro atoms. The number of likely N-dealkylation sites (tertiary alicyclic amines) is 1. The average molecular weight is 297 g/mol. The van der Waals surface area contributed by atoms with Gasteiger partial charge in [-0.2, -0.15) is 0 Å². The standard InChI is InChI=1S/C15H17F2NO3/c1-9(2)15(14(20)21)6-7-18(8-15)13(19)12-10(16)4-3-5-11(12)17/h3-5,9H,6-8H2,1-2H3,(H,20,21). The Hall–Kier alpha value is -1.98. The number of carboxylic acid groups (broad SMARTS) is 1. The normalized spacial score (nSPS) is 21.9. The Balaban J connectivity index is 2.29. The zero-order valence-electron chi connectivity index (χ0n) is 11.9. The van der Waals surface area contributed by atoms with Gasteiger partial charge in [-0.15, -0.1) is 0 Å². The molecule has 1 aromatic rings. The number of benzene rings is 1. The molecular formula is C15H17F2NO3. The van der Waals surface area contributed by atoms with Crippen molar-refractivity contribution in [3.8, 4) is 0 Å². The summed E-state index contributed by atoms with van der Waals surface area (Å²) in [7, 11) is 0. The number of aliphatic carboxylic acids is 1. The minimum Gasteiger partial charge on any atom is -0.481 e. The molecule has 1 heterocycles. The molecule has 0 saturated carbocycles. The Morgan fingerprint density at radius 3 is 2.29 bits per heavy atom. The molecule has 0 bridgehead atoms. The molecule has 1 amide bonds. The summed E-state index contributed by atoms with van der Waals surface area (Å²) < 4.78 is 27.3. The van der Waals surface area contributed by atoms with E-state index in [1.54, 1.807) is 13.8 Å². The van der Waals surface area contributed by atoms with Crippen molar-refractivity contribution in [3.63, 3.8) is 0 Å². The second kappa shape index (κ2) is 5.42. The van der Waals surface area contributed by atoms with Gasteiger partial charge in [0.2, 0.25) is 0 Å². The minimum absolute atomic E-state index is 0.0351. The van der Waals surface area contributed by atoms with E-state index in [4.69, 9.17) is 0 Å². The molecule has 1 atom stereocenters. The van der Waals surface area contributed by atoms with Gasteiger partial charge >= 0.3 is 5.97 Å². The van der Waals surface area contributed by atoms with E-state index in [1.807, 2.05) is 0 Å². The molecule has 1 unspecified atom stereocenters. The number of nitrogens with zero attached hydrogens (tertiary/aromatic N) is 1. The molecule has 0 radical (unpaired) electrons. The lowest BCUT2D eigenvalue weighted by molar-refractivity contribution is -0.150. The minimum atomic E-state index is -1.06. The Kier molecular flexibility index (Phi) is 3.98. The third-order valence-corrected chi connectivity index (χ3v) is 4.30. The highest BCUT2D eigenvalue weighted by Crippen LogP contribution is 2.38. The van der Waals surface area contributed by atoms with E-state index in [2.05, 4.69) is 0 Å². The van der Waals surface area contributed by atoms with Crippen molar-refractivity contribution in [1.82, 2.24) is 4.90 Å². The summed E-state index contributed by atoms with van der Waals surface area (Å²) in [4.78, 5) is 25.0. The maximum atomic E-state index is 13.7. The summed E-state index contributed by atoms with van der Waals surface area (Å²) in [5.74, 6) is -3.83. The zero-order valence-corrected chi connectivity index (χ0v) is 11.9. The molecule has 1 N–H and O–H groups in total. The molecule has 21 heavy (non-hydrogen) atoms. The van der Waals surface area contributed by atoms with Crippen LogP contribution in [0.5, 0.6) is 0 Å². The van der Waals surface area contributed by atoms with Crippen LogP contribution in [0, 0.1) is 23.0 Å². The van der Waals surface area contributed by atoms with Crippen molar-refractivity contribution in [3.05, 3.63) is 35.4 Å². The summed E-state index contributed by atoms with van der Waals surface area (Å²) in [5.41, 5.74) is -1.68. The number of amides is 1. The molecule has 1 aliphatic heterocycles. The van der Waals surface area contributed by atoms with Crippen molar-refractivity contribution >= 4 is 11.9 Å². The van der Waals surface area contributed by atoms with Crippen molar-refractivity contribution in [2.45, 2.75) is 20.3 Å². The van der Waals surface area contributed by atoms with Crippen molar-refractivity contribution < 1.29 is 23.5 Å². The van der Waals surface area contributed by atoms with Gasteiger partial charge < -0.3 is 10.0 Å². The van der Waals surface area contributed by atoms with Crippen LogP contribution in [0.4, 0.5) is 8.78 Å². The second-order valence-electron chi connectivity index (χ2n) is 5.69. The number of halogens is 2. The summed E-state index contributed by atoms with van der Waals surface area (Å²) in [5, 5.41) is 9.43. The lowest BCUT2D eigenvalue weighted by Crippen LogP contribution is -2.41. The maximum absolute atomic E-state index is 13.7. The van der Waals surface area contributed by atoms with Crippen molar-refractivity contribution in [2.75, 3.05) is 13.1 Å². The molecule has 2 rings (SSSR count). The van der Waals surface area contributed by atoms with Crippen LogP contribution in [-0.2, 0) is 4.79 Å². The van der Waals surface area contributed by atoms with Gasteiger partial charge in [-0.05, 0) is 24.5 Å². The highest BCUT2D eigenvalue weighted by Gasteiger charge is 2.48. The number of rotatable bonds is 3. The monoisotopic (exact) mass is 297 g/mol. The van der Waals surface area contributed by atoms with Gasteiger partial charge in [-0.25, -0.2) is 8.78 Å². The van der Waals surface area contributed by atoms with E-state index in [1.165, 1.54) is 11.0 Å². The molecule has 1 saturated heterocycles. The molecule has 1 aliphatic rings. The largest absolute Gasteiger partial charge is 0.481 e. The predicted octanol–water partition coefficient (Wildman–Crippen LogP) is 2.54. The van der Waals surface area contributed by atoms with Gasteiger partial charge in [0.25, 0.3) is 5.91 Å². The number of carbonyl (C=O) groups is 2. The van der Waals surface area contributed by atoms with E-state index in [0.29, 0.717) is 0 Å². The van der Waals surface area contributed by atoms with Crippen LogP contribution >= 0.6 is 0 Å². The van der Waals surface area contributed by atoms with Crippen molar-refractivity contribution in [2.24, 2.45) is 11.3 Å². The summed E-state index contributed by atoms with van der Waals surface area (Å²) in [6.07, 6.45) is 0.280. The Morgan fingerprint density at radius 1 is 1.29 bits per heavy atom. The quantitative estimate of drug-likeness (QED) is 0.932. The van der Waals surface area contributed by atoms with Crippen molar-refractivity contribution in [1.29, 1.82) is 0 Å². The summed E-state index contributed by atoms with van der Waals surface area (Å²) in [6.45, 7) is 3.68. The number of carboxylic acids is 1. The van der Waals surface area contributed by atoms with Gasteiger partial charge in [0.1, 0.15) is 17.2 Å². The van der Waals surface area contributed by atoms with Crippen LogP contribution < -0.4 is 0 Å². The highest BCUT2D eigenvalue weighted by atomic mass is 19.1. The predicted molar refractivity (Wildman–Crippen MR) is 71.8 cm³/mol. The van der Waals surface area contributed by atoms with Crippen LogP contribution in [-0.4, -0.2) is 35.0 Å². The van der Waals surface area contributed by atoms with E-state index >= 15 is 0 Å². The lowest BCUT2D eigenvalue weighted by atomic mass is 9.76. The molecule has 0 aliphatic carbocycles. The molecule has 0 aromatic heterocycles. The zero-order chi connectivity index (χ0) is 15.8. The molecule has 6 heteroatoms. The molecule has 114 valence electrons.